The molecule has 0 aliphatic rings. The van der Waals surface area contributed by atoms with Gasteiger partial charge >= 0.3 is 0 Å². The summed E-state index contributed by atoms with van der Waals surface area (Å²) in [6.07, 6.45) is 2.56. The van der Waals surface area contributed by atoms with Crippen LogP contribution < -0.4 is 19.1 Å². The van der Waals surface area contributed by atoms with E-state index >= 15 is 0 Å². The lowest BCUT2D eigenvalue weighted by Gasteiger charge is -2.23. The maximum atomic E-state index is 12.6. The zero-order valence-electron chi connectivity index (χ0n) is 19.6. The van der Waals surface area contributed by atoms with Gasteiger partial charge < -0.3 is 14.8 Å². The van der Waals surface area contributed by atoms with E-state index in [-0.39, 0.29) is 24.9 Å². The van der Waals surface area contributed by atoms with Crippen LogP contribution in [-0.2, 0) is 14.8 Å². The molecule has 0 heterocycles. The Kier molecular flexibility index (Phi) is 9.38. The molecule has 0 spiro atoms. The summed E-state index contributed by atoms with van der Waals surface area (Å²) in [6, 6.07) is 12.7. The third-order valence-corrected chi connectivity index (χ3v) is 6.36. The smallest absolute Gasteiger partial charge is 0.232 e. The van der Waals surface area contributed by atoms with Crippen molar-refractivity contribution in [1.29, 1.82) is 0 Å². The lowest BCUT2D eigenvalue weighted by molar-refractivity contribution is -0.121. The minimum Gasteiger partial charge on any atom is -0.496 e. The Morgan fingerprint density at radius 1 is 1.12 bits per heavy atom. The highest BCUT2D eigenvalue weighted by molar-refractivity contribution is 7.92. The van der Waals surface area contributed by atoms with Crippen LogP contribution in [0.5, 0.6) is 11.5 Å². The van der Waals surface area contributed by atoms with Crippen molar-refractivity contribution < 1.29 is 22.7 Å². The summed E-state index contributed by atoms with van der Waals surface area (Å²) in [4.78, 5) is 12.6. The molecule has 0 aromatic heterocycles. The van der Waals surface area contributed by atoms with E-state index in [1.807, 2.05) is 39.0 Å². The number of aryl methyl sites for hydroxylation is 1. The molecule has 2 aromatic rings. The second-order valence-electron chi connectivity index (χ2n) is 7.62. The number of ether oxygens (including phenoxy) is 2. The number of rotatable bonds is 12. The summed E-state index contributed by atoms with van der Waals surface area (Å²) in [5.41, 5.74) is 2.58. The Labute approximate surface area is 191 Å². The second kappa shape index (κ2) is 11.8. The first kappa shape index (κ1) is 25.5. The summed E-state index contributed by atoms with van der Waals surface area (Å²) in [5.74, 6) is 1.39. The van der Waals surface area contributed by atoms with Crippen LogP contribution in [0.1, 0.15) is 50.3 Å². The van der Waals surface area contributed by atoms with Gasteiger partial charge in [-0.3, -0.25) is 9.10 Å². The molecule has 176 valence electrons. The molecule has 0 bridgehead atoms. The van der Waals surface area contributed by atoms with E-state index in [0.717, 1.165) is 23.3 Å². The molecule has 8 heteroatoms. The van der Waals surface area contributed by atoms with Crippen LogP contribution >= 0.6 is 0 Å². The number of methoxy groups -OCH3 is 1. The number of sulfonamides is 1. The standard InChI is InChI=1S/C24H34N2O5S/c1-6-22(19-10-15-23(30-4)18(3)17-19)25-24(27)9-8-16-26(32(5,28)29)20-11-13-21(14-12-20)31-7-2/h10-15,17,22H,6-9,16H2,1-5H3,(H,25,27)/t22-/m1/s1. The number of hydrogen-bond donors (Lipinski definition) is 1. The van der Waals surface area contributed by atoms with Crippen molar-refractivity contribution in [1.82, 2.24) is 5.32 Å². The van der Waals surface area contributed by atoms with Gasteiger partial charge in [-0.05, 0) is 68.1 Å². The number of nitrogens with one attached hydrogen (secondary N) is 1. The Morgan fingerprint density at radius 2 is 1.81 bits per heavy atom. The van der Waals surface area contributed by atoms with E-state index in [2.05, 4.69) is 5.32 Å². The highest BCUT2D eigenvalue weighted by Gasteiger charge is 2.19. The molecule has 7 nitrogen and oxygen atoms in total. The number of benzene rings is 2. The van der Waals surface area contributed by atoms with Gasteiger partial charge in [0.15, 0.2) is 0 Å². The fourth-order valence-corrected chi connectivity index (χ4v) is 4.52. The molecule has 0 unspecified atom stereocenters. The molecule has 32 heavy (non-hydrogen) atoms. The van der Waals surface area contributed by atoms with Crippen LogP contribution in [0.25, 0.3) is 0 Å². The minimum absolute atomic E-state index is 0.106. The van der Waals surface area contributed by atoms with E-state index in [1.54, 1.807) is 31.4 Å². The van der Waals surface area contributed by atoms with Crippen molar-refractivity contribution in [3.05, 3.63) is 53.6 Å². The van der Waals surface area contributed by atoms with Gasteiger partial charge in [-0.2, -0.15) is 0 Å². The predicted octanol–water partition coefficient (Wildman–Crippen LogP) is 4.22. The molecule has 1 amide bonds. The van der Waals surface area contributed by atoms with E-state index in [9.17, 15) is 13.2 Å². The van der Waals surface area contributed by atoms with Crippen molar-refractivity contribution in [2.24, 2.45) is 0 Å². The van der Waals surface area contributed by atoms with Crippen LogP contribution in [0.15, 0.2) is 42.5 Å². The maximum Gasteiger partial charge on any atom is 0.232 e. The number of carbonyl (C=O) groups is 1. The van der Waals surface area contributed by atoms with Crippen molar-refractivity contribution in [2.45, 2.75) is 46.1 Å². The number of anilines is 1. The molecular weight excluding hydrogens is 428 g/mol. The molecule has 2 aromatic carbocycles. The number of carbonyl (C=O) groups excluding carboxylic acids is 1. The summed E-state index contributed by atoms with van der Waals surface area (Å²) in [7, 11) is -1.84. The first-order valence-corrected chi connectivity index (χ1v) is 12.7. The summed E-state index contributed by atoms with van der Waals surface area (Å²) < 4.78 is 36.6. The molecule has 2 rings (SSSR count). The molecule has 1 atom stereocenters. The lowest BCUT2D eigenvalue weighted by atomic mass is 10.0. The van der Waals surface area contributed by atoms with E-state index < -0.39 is 10.0 Å². The summed E-state index contributed by atoms with van der Waals surface area (Å²) >= 11 is 0. The van der Waals surface area contributed by atoms with Gasteiger partial charge in [0.1, 0.15) is 11.5 Å². The van der Waals surface area contributed by atoms with Gasteiger partial charge in [-0.1, -0.05) is 19.1 Å². The molecule has 0 radical (unpaired) electrons. The van der Waals surface area contributed by atoms with Gasteiger partial charge in [-0.25, -0.2) is 8.42 Å². The highest BCUT2D eigenvalue weighted by atomic mass is 32.2. The fraction of sp³-hybridized carbons (Fsp3) is 0.458. The SMILES string of the molecule is CCOc1ccc(N(CCCC(=O)N[C@H](CC)c2ccc(OC)c(C)c2)S(C)(=O)=O)cc1. The average molecular weight is 463 g/mol. The zero-order valence-corrected chi connectivity index (χ0v) is 20.4. The van der Waals surface area contributed by atoms with Crippen molar-refractivity contribution in [3.63, 3.8) is 0 Å². The molecule has 0 fully saturated rings. The van der Waals surface area contributed by atoms with Crippen LogP contribution in [0.2, 0.25) is 0 Å². The molecule has 1 N–H and O–H groups in total. The molecule has 0 aliphatic carbocycles. The van der Waals surface area contributed by atoms with Gasteiger partial charge in [0, 0.05) is 13.0 Å². The fourth-order valence-electron chi connectivity index (χ4n) is 3.55. The lowest BCUT2D eigenvalue weighted by Crippen LogP contribution is -2.33. The first-order chi connectivity index (χ1) is 15.2. The van der Waals surface area contributed by atoms with Crippen molar-refractivity contribution in [3.8, 4) is 11.5 Å². The third kappa shape index (κ3) is 7.15. The first-order valence-electron chi connectivity index (χ1n) is 10.8. The largest absolute Gasteiger partial charge is 0.496 e. The van der Waals surface area contributed by atoms with E-state index in [1.165, 1.54) is 10.6 Å². The topological polar surface area (TPSA) is 84.9 Å². The zero-order chi connectivity index (χ0) is 23.7. The monoisotopic (exact) mass is 462 g/mol. The van der Waals surface area contributed by atoms with Crippen molar-refractivity contribution >= 4 is 21.6 Å². The molecule has 0 saturated carbocycles. The number of hydrogen-bond acceptors (Lipinski definition) is 5. The molecule has 0 saturated heterocycles. The number of amides is 1. The predicted molar refractivity (Wildman–Crippen MR) is 128 cm³/mol. The Balaban J connectivity index is 1.98. The normalized spacial score (nSPS) is 12.2. The summed E-state index contributed by atoms with van der Waals surface area (Å²) in [5, 5.41) is 3.06. The van der Waals surface area contributed by atoms with Gasteiger partial charge in [-0.15, -0.1) is 0 Å². The molecular formula is C24H34N2O5S. The van der Waals surface area contributed by atoms with Gasteiger partial charge in [0.2, 0.25) is 15.9 Å². The number of nitrogens with zero attached hydrogens (tertiary/aromatic N) is 1. The highest BCUT2D eigenvalue weighted by Crippen LogP contribution is 2.25. The maximum absolute atomic E-state index is 12.6. The average Bonchev–Trinajstić information content (AvgIpc) is 2.75. The third-order valence-electron chi connectivity index (χ3n) is 5.17. The van der Waals surface area contributed by atoms with E-state index in [4.69, 9.17) is 9.47 Å². The van der Waals surface area contributed by atoms with Gasteiger partial charge in [0.25, 0.3) is 0 Å². The molecule has 0 aliphatic heterocycles. The summed E-state index contributed by atoms with van der Waals surface area (Å²) in [6.45, 7) is 6.64. The van der Waals surface area contributed by atoms with Crippen LogP contribution in [0, 0.1) is 6.92 Å². The van der Waals surface area contributed by atoms with E-state index in [0.29, 0.717) is 24.5 Å². The van der Waals surface area contributed by atoms with Crippen LogP contribution in [0.4, 0.5) is 5.69 Å². The second-order valence-corrected chi connectivity index (χ2v) is 9.53. The van der Waals surface area contributed by atoms with Gasteiger partial charge in [0.05, 0.1) is 31.7 Å². The minimum atomic E-state index is -3.47. The Hall–Kier alpha value is -2.74. The Bertz CT molecular complexity index is 990. The quantitative estimate of drug-likeness (QED) is 0.511. The van der Waals surface area contributed by atoms with Crippen LogP contribution in [-0.4, -0.2) is 40.8 Å². The Morgan fingerprint density at radius 3 is 2.34 bits per heavy atom. The van der Waals surface area contributed by atoms with Crippen LogP contribution in [0.3, 0.4) is 0 Å². The van der Waals surface area contributed by atoms with Crippen molar-refractivity contribution in [2.75, 3.05) is 30.8 Å².